The van der Waals surface area contributed by atoms with Gasteiger partial charge < -0.3 is 24.1 Å². The summed E-state index contributed by atoms with van der Waals surface area (Å²) in [5.74, 6) is -1.79. The molecule has 16 heteroatoms. The molecule has 11 nitrogen and oxygen atoms in total. The van der Waals surface area contributed by atoms with E-state index in [0.29, 0.717) is 12.8 Å². The summed E-state index contributed by atoms with van der Waals surface area (Å²) in [6, 6.07) is 8.41. The van der Waals surface area contributed by atoms with E-state index < -0.39 is 36.4 Å². The standard InChI is InChI=1S/C25H15F5N6O5/c26-24(27,28)39-16-6-12(9-31)5-13(7-16)20-21-22(33-11-32-21)23(38)35(34-20)10-19(37)36(14-1-2-14)15-3-4-17-18(8-15)41-25(29,30)40-17/h3-8,11,14H,1-2,10H2,(H,32,33). The van der Waals surface area contributed by atoms with Gasteiger partial charge in [-0.3, -0.25) is 9.59 Å². The fraction of sp³-hybridized carbons (Fsp3) is 0.240. The minimum Gasteiger partial charge on any atom is -0.406 e. The van der Waals surface area contributed by atoms with Crippen LogP contribution in [-0.4, -0.2) is 44.4 Å². The van der Waals surface area contributed by atoms with E-state index in [1.54, 1.807) is 6.07 Å². The van der Waals surface area contributed by atoms with Crippen LogP contribution in [0.2, 0.25) is 0 Å². The lowest BCUT2D eigenvalue weighted by Gasteiger charge is -2.23. The maximum atomic E-state index is 13.5. The number of alkyl halides is 5. The minimum absolute atomic E-state index is 0.0116. The van der Waals surface area contributed by atoms with Crippen molar-refractivity contribution in [1.29, 1.82) is 5.26 Å². The summed E-state index contributed by atoms with van der Waals surface area (Å²) < 4.78 is 79.4. The molecule has 6 rings (SSSR count). The third-order valence-corrected chi connectivity index (χ3v) is 6.20. The number of fused-ring (bicyclic) bond motifs is 2. The molecule has 4 aromatic rings. The van der Waals surface area contributed by atoms with E-state index in [1.807, 2.05) is 0 Å². The van der Waals surface area contributed by atoms with E-state index in [4.69, 9.17) is 0 Å². The maximum absolute atomic E-state index is 13.5. The van der Waals surface area contributed by atoms with Gasteiger partial charge in [-0.1, -0.05) is 0 Å². The summed E-state index contributed by atoms with van der Waals surface area (Å²) in [5, 5.41) is 13.6. The summed E-state index contributed by atoms with van der Waals surface area (Å²) in [6.07, 6.45) is -6.48. The van der Waals surface area contributed by atoms with Gasteiger partial charge >= 0.3 is 12.7 Å². The number of aromatic amines is 1. The number of nitriles is 1. The van der Waals surface area contributed by atoms with E-state index in [-0.39, 0.29) is 51.1 Å². The molecular formula is C25H15F5N6O5. The zero-order valence-electron chi connectivity index (χ0n) is 20.4. The van der Waals surface area contributed by atoms with Crippen LogP contribution in [-0.2, 0) is 11.3 Å². The van der Waals surface area contributed by atoms with Crippen LogP contribution in [0.25, 0.3) is 22.3 Å². The van der Waals surface area contributed by atoms with Gasteiger partial charge in [-0.15, -0.1) is 22.0 Å². The number of halogens is 5. The number of carbonyl (C=O) groups excluding carboxylic acids is 1. The lowest BCUT2D eigenvalue weighted by molar-refractivity contribution is -0.286. The number of nitrogens with one attached hydrogen (secondary N) is 1. The Morgan fingerprint density at radius 2 is 1.95 bits per heavy atom. The van der Waals surface area contributed by atoms with Crippen LogP contribution in [0.4, 0.5) is 27.6 Å². The molecule has 41 heavy (non-hydrogen) atoms. The van der Waals surface area contributed by atoms with Crippen molar-refractivity contribution in [2.75, 3.05) is 4.90 Å². The molecule has 0 unspecified atom stereocenters. The van der Waals surface area contributed by atoms with Crippen LogP contribution in [0.15, 0.2) is 47.5 Å². The van der Waals surface area contributed by atoms with Crippen LogP contribution in [0.3, 0.4) is 0 Å². The SMILES string of the molecule is N#Cc1cc(OC(F)(F)F)cc(-c2nn(CC(=O)N(c3ccc4c(c3)OC(F)(F)O4)C3CC3)c(=O)c3[nH]cnc23)c1. The highest BCUT2D eigenvalue weighted by Gasteiger charge is 2.44. The highest BCUT2D eigenvalue weighted by molar-refractivity contribution is 5.95. The normalized spacial score (nSPS) is 15.5. The van der Waals surface area contributed by atoms with Gasteiger partial charge in [-0.25, -0.2) is 9.67 Å². The summed E-state index contributed by atoms with van der Waals surface area (Å²) in [4.78, 5) is 34.7. The van der Waals surface area contributed by atoms with Gasteiger partial charge in [0.1, 0.15) is 29.0 Å². The van der Waals surface area contributed by atoms with Crippen molar-refractivity contribution in [3.8, 4) is 34.6 Å². The highest BCUT2D eigenvalue weighted by Crippen LogP contribution is 2.44. The van der Waals surface area contributed by atoms with E-state index in [2.05, 4.69) is 29.3 Å². The maximum Gasteiger partial charge on any atom is 0.586 e. The summed E-state index contributed by atoms with van der Waals surface area (Å²) in [6.45, 7) is -0.619. The van der Waals surface area contributed by atoms with E-state index in [1.165, 1.54) is 35.5 Å². The van der Waals surface area contributed by atoms with Crippen LogP contribution >= 0.6 is 0 Å². The molecule has 0 spiro atoms. The number of amides is 1. The third-order valence-electron chi connectivity index (χ3n) is 6.20. The van der Waals surface area contributed by atoms with Gasteiger partial charge in [0, 0.05) is 23.4 Å². The number of hydrogen-bond acceptors (Lipinski definition) is 8. The molecule has 1 saturated carbocycles. The quantitative estimate of drug-likeness (QED) is 0.341. The van der Waals surface area contributed by atoms with Gasteiger partial charge in [0.2, 0.25) is 5.91 Å². The first-order valence-corrected chi connectivity index (χ1v) is 11.9. The molecule has 3 heterocycles. The van der Waals surface area contributed by atoms with Crippen molar-refractivity contribution in [2.45, 2.75) is 38.1 Å². The molecule has 0 saturated heterocycles. The number of rotatable bonds is 6. The van der Waals surface area contributed by atoms with Gasteiger partial charge in [0.05, 0.1) is 18.0 Å². The molecule has 0 atom stereocenters. The Hall–Kier alpha value is -5.20. The Morgan fingerprint density at radius 3 is 2.66 bits per heavy atom. The molecule has 0 bridgehead atoms. The lowest BCUT2D eigenvalue weighted by Crippen LogP contribution is -2.39. The smallest absolute Gasteiger partial charge is 0.406 e. The van der Waals surface area contributed by atoms with Crippen molar-refractivity contribution in [3.05, 3.63) is 58.6 Å². The predicted molar refractivity (Wildman–Crippen MR) is 128 cm³/mol. The fourth-order valence-electron chi connectivity index (χ4n) is 4.46. The molecule has 210 valence electrons. The molecule has 1 aliphatic carbocycles. The number of H-pyrrole nitrogens is 1. The van der Waals surface area contributed by atoms with Crippen molar-refractivity contribution < 1.29 is 41.0 Å². The molecular weight excluding hydrogens is 559 g/mol. The van der Waals surface area contributed by atoms with Crippen LogP contribution in [0.1, 0.15) is 18.4 Å². The Morgan fingerprint density at radius 1 is 1.20 bits per heavy atom. The number of aromatic nitrogens is 4. The number of carbonyl (C=O) groups is 1. The molecule has 0 radical (unpaired) electrons. The Kier molecular flexibility index (Phi) is 5.83. The molecule has 1 amide bonds. The Labute approximate surface area is 225 Å². The molecule has 2 aromatic heterocycles. The van der Waals surface area contributed by atoms with Crippen LogP contribution in [0.5, 0.6) is 17.2 Å². The Balaban J connectivity index is 1.38. The topological polar surface area (TPSA) is 135 Å². The van der Waals surface area contributed by atoms with Gasteiger partial charge in [-0.2, -0.15) is 10.4 Å². The second-order valence-corrected chi connectivity index (χ2v) is 9.14. The molecule has 1 aliphatic heterocycles. The predicted octanol–water partition coefficient (Wildman–Crippen LogP) is 4.07. The number of imidazole rings is 1. The summed E-state index contributed by atoms with van der Waals surface area (Å²) in [5.41, 5.74) is -0.940. The molecule has 2 aromatic carbocycles. The first kappa shape index (κ1) is 26.0. The largest absolute Gasteiger partial charge is 0.586 e. The van der Waals surface area contributed by atoms with Gasteiger partial charge in [-0.05, 0) is 43.2 Å². The number of benzene rings is 2. The summed E-state index contributed by atoms with van der Waals surface area (Å²) >= 11 is 0. The van der Waals surface area contributed by atoms with Gasteiger partial charge in [0.25, 0.3) is 5.56 Å². The molecule has 1 fully saturated rings. The monoisotopic (exact) mass is 574 g/mol. The fourth-order valence-corrected chi connectivity index (χ4v) is 4.46. The second kappa shape index (κ2) is 9.18. The average Bonchev–Trinajstić information content (AvgIpc) is 3.48. The zero-order valence-corrected chi connectivity index (χ0v) is 20.4. The summed E-state index contributed by atoms with van der Waals surface area (Å²) in [7, 11) is 0. The van der Waals surface area contributed by atoms with Crippen molar-refractivity contribution in [1.82, 2.24) is 19.7 Å². The van der Waals surface area contributed by atoms with Crippen molar-refractivity contribution >= 4 is 22.6 Å². The average molecular weight is 574 g/mol. The van der Waals surface area contributed by atoms with E-state index in [9.17, 15) is 36.8 Å². The minimum atomic E-state index is -5.04. The Bertz CT molecular complexity index is 1810. The zero-order chi connectivity index (χ0) is 29.1. The number of anilines is 1. The van der Waals surface area contributed by atoms with Crippen molar-refractivity contribution in [3.63, 3.8) is 0 Å². The van der Waals surface area contributed by atoms with Crippen molar-refractivity contribution in [2.24, 2.45) is 0 Å². The lowest BCUT2D eigenvalue weighted by atomic mass is 10.1. The van der Waals surface area contributed by atoms with E-state index in [0.717, 1.165) is 16.8 Å². The third kappa shape index (κ3) is 5.09. The number of hydrogen-bond donors (Lipinski definition) is 1. The second-order valence-electron chi connectivity index (χ2n) is 9.14. The van der Waals surface area contributed by atoms with Gasteiger partial charge in [0.15, 0.2) is 11.5 Å². The number of ether oxygens (including phenoxy) is 3. The number of nitrogens with zero attached hydrogens (tertiary/aromatic N) is 5. The first-order valence-electron chi connectivity index (χ1n) is 11.9. The molecule has 1 N–H and O–H groups in total. The molecule has 2 aliphatic rings. The first-order chi connectivity index (χ1) is 19.4. The van der Waals surface area contributed by atoms with Crippen LogP contribution < -0.4 is 24.7 Å². The van der Waals surface area contributed by atoms with Crippen LogP contribution in [0, 0.1) is 11.3 Å². The highest BCUT2D eigenvalue weighted by atomic mass is 19.4. The van der Waals surface area contributed by atoms with E-state index >= 15 is 0 Å².